The number of urea groups is 1. The van der Waals surface area contributed by atoms with E-state index in [2.05, 4.69) is 15.6 Å². The van der Waals surface area contributed by atoms with Gasteiger partial charge in [0.2, 0.25) is 0 Å². The van der Waals surface area contributed by atoms with Crippen LogP contribution in [0.1, 0.15) is 38.4 Å². The molecule has 1 atom stereocenters. The Labute approximate surface area is 124 Å². The van der Waals surface area contributed by atoms with Gasteiger partial charge in [0.05, 0.1) is 6.54 Å². The second-order valence-corrected chi connectivity index (χ2v) is 5.06. The Kier molecular flexibility index (Phi) is 7.28. The molecule has 1 heterocycles. The van der Waals surface area contributed by atoms with Crippen LogP contribution in [0.5, 0.6) is 0 Å². The Morgan fingerprint density at radius 1 is 1.38 bits per heavy atom. The van der Waals surface area contributed by atoms with Crippen molar-refractivity contribution in [3.05, 3.63) is 18.2 Å². The van der Waals surface area contributed by atoms with E-state index in [1.807, 2.05) is 24.7 Å². The Morgan fingerprint density at radius 3 is 2.71 bits per heavy atom. The van der Waals surface area contributed by atoms with Gasteiger partial charge in [-0.3, -0.25) is 4.79 Å². The quantitative estimate of drug-likeness (QED) is 0.643. The van der Waals surface area contributed by atoms with Crippen LogP contribution in [-0.2, 0) is 18.4 Å². The normalized spacial score (nSPS) is 11.9. The summed E-state index contributed by atoms with van der Waals surface area (Å²) in [5, 5.41) is 14.2. The molecular formula is C14H24N4O3. The zero-order valence-corrected chi connectivity index (χ0v) is 12.6. The summed E-state index contributed by atoms with van der Waals surface area (Å²) in [5.41, 5.74) is 0. The molecule has 0 saturated heterocycles. The standard InChI is InChI=1S/C14H24N4O3/c1-3-11(4-5-13(19)20)6-7-16-14(21)17-10-12-15-8-9-18(12)2/h8-9,11H,3-7,10H2,1-2H3,(H,19,20)(H2,16,17,21). The number of hydrogen-bond donors (Lipinski definition) is 3. The maximum absolute atomic E-state index is 11.6. The van der Waals surface area contributed by atoms with E-state index in [9.17, 15) is 9.59 Å². The van der Waals surface area contributed by atoms with Crippen LogP contribution in [0.25, 0.3) is 0 Å². The number of aliphatic carboxylic acids is 1. The third-order valence-corrected chi connectivity index (χ3v) is 3.51. The highest BCUT2D eigenvalue weighted by atomic mass is 16.4. The molecule has 1 rings (SSSR count). The number of aromatic nitrogens is 2. The molecule has 1 aromatic rings. The summed E-state index contributed by atoms with van der Waals surface area (Å²) >= 11 is 0. The molecule has 0 aromatic carbocycles. The van der Waals surface area contributed by atoms with Gasteiger partial charge in [-0.25, -0.2) is 9.78 Å². The highest BCUT2D eigenvalue weighted by molar-refractivity contribution is 5.73. The number of aryl methyl sites for hydroxylation is 1. The second-order valence-electron chi connectivity index (χ2n) is 5.06. The molecule has 0 aliphatic carbocycles. The highest BCUT2D eigenvalue weighted by Gasteiger charge is 2.10. The average Bonchev–Trinajstić information content (AvgIpc) is 2.85. The molecule has 118 valence electrons. The van der Waals surface area contributed by atoms with E-state index in [4.69, 9.17) is 5.11 Å². The summed E-state index contributed by atoms with van der Waals surface area (Å²) in [6, 6.07) is -0.230. The van der Waals surface area contributed by atoms with Crippen molar-refractivity contribution in [2.45, 2.75) is 39.2 Å². The van der Waals surface area contributed by atoms with Crippen LogP contribution in [0.3, 0.4) is 0 Å². The number of carboxylic acid groups (broad SMARTS) is 1. The van der Waals surface area contributed by atoms with Crippen molar-refractivity contribution in [2.75, 3.05) is 6.54 Å². The van der Waals surface area contributed by atoms with Gasteiger partial charge in [-0.2, -0.15) is 0 Å². The molecule has 2 amide bonds. The molecule has 0 fully saturated rings. The Morgan fingerprint density at radius 2 is 2.14 bits per heavy atom. The van der Waals surface area contributed by atoms with Crippen LogP contribution < -0.4 is 10.6 Å². The highest BCUT2D eigenvalue weighted by Crippen LogP contribution is 2.14. The number of rotatable bonds is 9. The minimum atomic E-state index is -0.769. The van der Waals surface area contributed by atoms with E-state index in [1.165, 1.54) is 0 Å². The van der Waals surface area contributed by atoms with Crippen LogP contribution in [0.15, 0.2) is 12.4 Å². The van der Waals surface area contributed by atoms with E-state index in [0.29, 0.717) is 25.4 Å². The summed E-state index contributed by atoms with van der Waals surface area (Å²) < 4.78 is 1.85. The van der Waals surface area contributed by atoms with Gasteiger partial charge in [0, 0.05) is 32.4 Å². The Hall–Kier alpha value is -2.05. The van der Waals surface area contributed by atoms with Gasteiger partial charge in [0.1, 0.15) is 5.82 Å². The van der Waals surface area contributed by atoms with Crippen molar-refractivity contribution in [1.29, 1.82) is 0 Å². The first-order valence-electron chi connectivity index (χ1n) is 7.22. The van der Waals surface area contributed by atoms with Crippen LogP contribution in [0, 0.1) is 5.92 Å². The SMILES string of the molecule is CCC(CCNC(=O)NCc1nccn1C)CCC(=O)O. The zero-order chi connectivity index (χ0) is 15.7. The molecule has 0 spiro atoms. The van der Waals surface area contributed by atoms with E-state index < -0.39 is 5.97 Å². The van der Waals surface area contributed by atoms with Gasteiger partial charge in [-0.05, 0) is 18.8 Å². The van der Waals surface area contributed by atoms with Crippen molar-refractivity contribution < 1.29 is 14.7 Å². The number of nitrogens with one attached hydrogen (secondary N) is 2. The number of amides is 2. The summed E-state index contributed by atoms with van der Waals surface area (Å²) in [7, 11) is 1.87. The van der Waals surface area contributed by atoms with E-state index in [-0.39, 0.29) is 12.5 Å². The Balaban J connectivity index is 2.17. The van der Waals surface area contributed by atoms with E-state index in [1.54, 1.807) is 6.20 Å². The van der Waals surface area contributed by atoms with Crippen LogP contribution in [0.4, 0.5) is 4.79 Å². The maximum atomic E-state index is 11.6. The van der Waals surface area contributed by atoms with Gasteiger partial charge in [0.25, 0.3) is 0 Å². The van der Waals surface area contributed by atoms with Gasteiger partial charge in [0.15, 0.2) is 0 Å². The Bertz CT molecular complexity index is 459. The smallest absolute Gasteiger partial charge is 0.315 e. The third-order valence-electron chi connectivity index (χ3n) is 3.51. The van der Waals surface area contributed by atoms with Crippen LogP contribution >= 0.6 is 0 Å². The predicted octanol–water partition coefficient (Wildman–Crippen LogP) is 1.50. The number of carbonyl (C=O) groups is 2. The fourth-order valence-electron chi connectivity index (χ4n) is 2.06. The van der Waals surface area contributed by atoms with Crippen molar-refractivity contribution >= 4 is 12.0 Å². The molecule has 7 heteroatoms. The largest absolute Gasteiger partial charge is 0.481 e. The van der Waals surface area contributed by atoms with Gasteiger partial charge in [-0.15, -0.1) is 0 Å². The topological polar surface area (TPSA) is 96.3 Å². The lowest BCUT2D eigenvalue weighted by Crippen LogP contribution is -2.36. The molecule has 0 aliphatic rings. The number of imidazole rings is 1. The summed E-state index contributed by atoms with van der Waals surface area (Å²) in [4.78, 5) is 26.3. The lowest BCUT2D eigenvalue weighted by molar-refractivity contribution is -0.137. The first kappa shape index (κ1) is 17.0. The number of nitrogens with zero attached hydrogens (tertiary/aromatic N) is 2. The van der Waals surface area contributed by atoms with Crippen molar-refractivity contribution in [1.82, 2.24) is 20.2 Å². The minimum Gasteiger partial charge on any atom is -0.481 e. The summed E-state index contributed by atoms with van der Waals surface area (Å²) in [6.07, 6.45) is 6.06. The maximum Gasteiger partial charge on any atom is 0.315 e. The molecular weight excluding hydrogens is 272 g/mol. The van der Waals surface area contributed by atoms with Gasteiger partial charge in [-0.1, -0.05) is 13.3 Å². The first-order valence-corrected chi connectivity index (χ1v) is 7.22. The van der Waals surface area contributed by atoms with Crippen molar-refractivity contribution in [2.24, 2.45) is 13.0 Å². The number of hydrogen-bond acceptors (Lipinski definition) is 3. The molecule has 1 unspecified atom stereocenters. The first-order chi connectivity index (χ1) is 10.0. The molecule has 0 radical (unpaired) electrons. The van der Waals surface area contributed by atoms with Gasteiger partial charge >= 0.3 is 12.0 Å². The van der Waals surface area contributed by atoms with E-state index >= 15 is 0 Å². The molecule has 0 aliphatic heterocycles. The third kappa shape index (κ3) is 6.78. The van der Waals surface area contributed by atoms with Crippen LogP contribution in [0.2, 0.25) is 0 Å². The average molecular weight is 296 g/mol. The monoisotopic (exact) mass is 296 g/mol. The molecule has 7 nitrogen and oxygen atoms in total. The molecule has 0 bridgehead atoms. The lowest BCUT2D eigenvalue weighted by Gasteiger charge is -2.14. The van der Waals surface area contributed by atoms with Crippen molar-refractivity contribution in [3.63, 3.8) is 0 Å². The van der Waals surface area contributed by atoms with Crippen LogP contribution in [-0.4, -0.2) is 33.2 Å². The molecule has 3 N–H and O–H groups in total. The summed E-state index contributed by atoms with van der Waals surface area (Å²) in [6.45, 7) is 2.96. The lowest BCUT2D eigenvalue weighted by atomic mass is 9.97. The molecule has 0 saturated carbocycles. The zero-order valence-electron chi connectivity index (χ0n) is 12.6. The minimum absolute atomic E-state index is 0.184. The fourth-order valence-corrected chi connectivity index (χ4v) is 2.06. The fraction of sp³-hybridized carbons (Fsp3) is 0.643. The molecule has 1 aromatic heterocycles. The second kappa shape index (κ2) is 8.99. The van der Waals surface area contributed by atoms with Crippen molar-refractivity contribution in [3.8, 4) is 0 Å². The van der Waals surface area contributed by atoms with E-state index in [0.717, 1.165) is 18.7 Å². The number of carboxylic acids is 1. The predicted molar refractivity (Wildman–Crippen MR) is 78.7 cm³/mol. The van der Waals surface area contributed by atoms with Gasteiger partial charge < -0.3 is 20.3 Å². The molecule has 21 heavy (non-hydrogen) atoms. The summed E-state index contributed by atoms with van der Waals surface area (Å²) in [5.74, 6) is 0.350. The number of carbonyl (C=O) groups excluding carboxylic acids is 1.